The fraction of sp³-hybridized carbons (Fsp3) is 0.842. The topological polar surface area (TPSA) is 84.5 Å². The molecule has 0 unspecified atom stereocenters. The Labute approximate surface area is 148 Å². The van der Waals surface area contributed by atoms with Crippen molar-refractivity contribution in [2.45, 2.75) is 70.4 Å². The van der Waals surface area contributed by atoms with E-state index in [9.17, 15) is 14.4 Å². The molecule has 6 nitrogen and oxygen atoms in total. The van der Waals surface area contributed by atoms with Gasteiger partial charge < -0.3 is 15.4 Å². The molecule has 0 aromatic carbocycles. The number of hydrogen-bond donors (Lipinski definition) is 2. The first-order chi connectivity index (χ1) is 11.9. The molecule has 0 saturated heterocycles. The van der Waals surface area contributed by atoms with Crippen molar-refractivity contribution in [3.05, 3.63) is 0 Å². The van der Waals surface area contributed by atoms with Gasteiger partial charge in [-0.1, -0.05) is 0 Å². The van der Waals surface area contributed by atoms with Crippen LogP contribution in [0.1, 0.15) is 58.3 Å². The molecular weight excluding hydrogens is 320 g/mol. The largest absolute Gasteiger partial charge is 0.451 e. The molecule has 6 heteroatoms. The van der Waals surface area contributed by atoms with E-state index in [1.54, 1.807) is 6.92 Å². The third-order valence-corrected chi connectivity index (χ3v) is 6.51. The predicted octanol–water partition coefficient (Wildman–Crippen LogP) is 1.53. The lowest BCUT2D eigenvalue weighted by Crippen LogP contribution is -2.54. The van der Waals surface area contributed by atoms with Crippen LogP contribution in [0.4, 0.5) is 0 Å². The summed E-state index contributed by atoms with van der Waals surface area (Å²) in [6.07, 6.45) is 7.93. The van der Waals surface area contributed by atoms with Crippen LogP contribution >= 0.6 is 0 Å². The Bertz CT molecular complexity index is 549. The number of amides is 2. The Morgan fingerprint density at radius 1 is 1.04 bits per heavy atom. The smallest absolute Gasteiger partial charge is 0.326 e. The van der Waals surface area contributed by atoms with Crippen molar-refractivity contribution < 1.29 is 19.1 Å². The molecule has 0 aromatic heterocycles. The SMILES string of the molecule is C[C@H](OC(=O)CNC(=O)C12CC3CC(CC(C3)C1)C2)C(=O)NC1CC1. The summed E-state index contributed by atoms with van der Waals surface area (Å²) in [5.74, 6) is 1.28. The highest BCUT2D eigenvalue weighted by Crippen LogP contribution is 2.60. The molecule has 1 atom stereocenters. The molecule has 5 rings (SSSR count). The molecule has 5 fully saturated rings. The second-order valence-electron chi connectivity index (χ2n) is 8.80. The van der Waals surface area contributed by atoms with Crippen LogP contribution in [0.5, 0.6) is 0 Å². The minimum absolute atomic E-state index is 0.0126. The number of carbonyl (C=O) groups is 3. The lowest BCUT2D eigenvalue weighted by atomic mass is 9.49. The summed E-state index contributed by atoms with van der Waals surface area (Å²) in [7, 11) is 0. The van der Waals surface area contributed by atoms with Crippen LogP contribution in [-0.2, 0) is 19.1 Å². The van der Waals surface area contributed by atoms with E-state index in [1.807, 2.05) is 0 Å². The van der Waals surface area contributed by atoms with Crippen molar-refractivity contribution in [1.82, 2.24) is 10.6 Å². The molecule has 138 valence electrons. The average molecular weight is 348 g/mol. The van der Waals surface area contributed by atoms with Crippen molar-refractivity contribution in [3.63, 3.8) is 0 Å². The molecule has 0 aromatic rings. The molecule has 5 aliphatic carbocycles. The summed E-state index contributed by atoms with van der Waals surface area (Å²) < 4.78 is 5.14. The van der Waals surface area contributed by atoms with Crippen LogP contribution in [0.15, 0.2) is 0 Å². The summed E-state index contributed by atoms with van der Waals surface area (Å²) in [5, 5.41) is 5.60. The molecule has 0 radical (unpaired) electrons. The van der Waals surface area contributed by atoms with Gasteiger partial charge in [0.1, 0.15) is 6.54 Å². The van der Waals surface area contributed by atoms with Crippen LogP contribution in [0.25, 0.3) is 0 Å². The summed E-state index contributed by atoms with van der Waals surface area (Å²) in [6, 6.07) is 0.240. The molecule has 5 aliphatic rings. The summed E-state index contributed by atoms with van der Waals surface area (Å²) in [5.41, 5.74) is -0.260. The summed E-state index contributed by atoms with van der Waals surface area (Å²) in [6.45, 7) is 1.41. The van der Waals surface area contributed by atoms with E-state index in [1.165, 1.54) is 19.3 Å². The van der Waals surface area contributed by atoms with E-state index >= 15 is 0 Å². The lowest BCUT2D eigenvalue weighted by Gasteiger charge is -2.55. The molecule has 2 N–H and O–H groups in total. The zero-order valence-electron chi connectivity index (χ0n) is 14.9. The maximum absolute atomic E-state index is 12.8. The fourth-order valence-electron chi connectivity index (χ4n) is 5.57. The zero-order chi connectivity index (χ0) is 17.6. The predicted molar refractivity (Wildman–Crippen MR) is 90.3 cm³/mol. The van der Waals surface area contributed by atoms with Gasteiger partial charge in [0.25, 0.3) is 5.91 Å². The highest BCUT2D eigenvalue weighted by molar-refractivity contribution is 5.88. The van der Waals surface area contributed by atoms with Gasteiger partial charge in [-0.25, -0.2) is 0 Å². The number of ether oxygens (including phenoxy) is 1. The summed E-state index contributed by atoms with van der Waals surface area (Å²) >= 11 is 0. The second kappa shape index (κ2) is 6.29. The fourth-order valence-corrected chi connectivity index (χ4v) is 5.57. The van der Waals surface area contributed by atoms with Gasteiger partial charge in [-0.15, -0.1) is 0 Å². The van der Waals surface area contributed by atoms with Crippen molar-refractivity contribution in [3.8, 4) is 0 Å². The van der Waals surface area contributed by atoms with Crippen molar-refractivity contribution in [2.75, 3.05) is 6.54 Å². The van der Waals surface area contributed by atoms with E-state index in [-0.39, 0.29) is 29.8 Å². The molecule has 0 spiro atoms. The molecular formula is C19H28N2O4. The van der Waals surface area contributed by atoms with Gasteiger partial charge >= 0.3 is 5.97 Å². The van der Waals surface area contributed by atoms with Gasteiger partial charge in [0, 0.05) is 11.5 Å². The van der Waals surface area contributed by atoms with Crippen molar-refractivity contribution >= 4 is 17.8 Å². The number of rotatable bonds is 6. The normalized spacial score (nSPS) is 36.6. The van der Waals surface area contributed by atoms with Crippen molar-refractivity contribution in [2.24, 2.45) is 23.2 Å². The maximum atomic E-state index is 12.8. The van der Waals surface area contributed by atoms with Crippen LogP contribution in [0, 0.1) is 23.2 Å². The van der Waals surface area contributed by atoms with Gasteiger partial charge in [-0.2, -0.15) is 0 Å². The number of hydrogen-bond acceptors (Lipinski definition) is 4. The molecule has 0 heterocycles. The maximum Gasteiger partial charge on any atom is 0.326 e. The van der Waals surface area contributed by atoms with Crippen molar-refractivity contribution in [1.29, 1.82) is 0 Å². The minimum atomic E-state index is -0.815. The molecule has 4 bridgehead atoms. The number of nitrogens with one attached hydrogen (secondary N) is 2. The number of carbonyl (C=O) groups excluding carboxylic acids is 3. The third kappa shape index (κ3) is 3.53. The lowest BCUT2D eigenvalue weighted by molar-refractivity contribution is -0.156. The van der Waals surface area contributed by atoms with E-state index in [4.69, 9.17) is 4.74 Å². The second-order valence-corrected chi connectivity index (χ2v) is 8.80. The quantitative estimate of drug-likeness (QED) is 0.713. The molecule has 25 heavy (non-hydrogen) atoms. The first-order valence-electron chi connectivity index (χ1n) is 9.72. The standard InChI is InChI=1S/C19H28N2O4/c1-11(17(23)21-15-2-3-15)25-16(22)10-20-18(24)19-7-12-4-13(8-19)6-14(5-12)9-19/h11-15H,2-10H2,1H3,(H,20,24)(H,21,23)/t11-,12?,13?,14?,19?/m0/s1. The molecule has 5 saturated carbocycles. The number of esters is 1. The van der Waals surface area contributed by atoms with Gasteiger partial charge in [0.05, 0.1) is 0 Å². The first kappa shape index (κ1) is 16.9. The van der Waals surface area contributed by atoms with E-state index in [0.717, 1.165) is 32.1 Å². The van der Waals surface area contributed by atoms with Gasteiger partial charge in [0.15, 0.2) is 6.10 Å². The van der Waals surface area contributed by atoms with E-state index in [0.29, 0.717) is 17.8 Å². The first-order valence-corrected chi connectivity index (χ1v) is 9.72. The average Bonchev–Trinajstić information content (AvgIpc) is 3.35. The third-order valence-electron chi connectivity index (χ3n) is 6.51. The van der Waals surface area contributed by atoms with Crippen LogP contribution < -0.4 is 10.6 Å². The highest BCUT2D eigenvalue weighted by atomic mass is 16.5. The summed E-state index contributed by atoms with van der Waals surface area (Å²) in [4.78, 5) is 36.6. The highest BCUT2D eigenvalue weighted by Gasteiger charge is 2.54. The minimum Gasteiger partial charge on any atom is -0.451 e. The monoisotopic (exact) mass is 348 g/mol. The van der Waals surface area contributed by atoms with Gasteiger partial charge in [-0.3, -0.25) is 14.4 Å². The molecule has 0 aliphatic heterocycles. The Morgan fingerprint density at radius 3 is 2.12 bits per heavy atom. The Balaban J connectivity index is 1.25. The van der Waals surface area contributed by atoms with E-state index < -0.39 is 12.1 Å². The molecule has 2 amide bonds. The van der Waals surface area contributed by atoms with Gasteiger partial charge in [-0.05, 0) is 76.0 Å². The van der Waals surface area contributed by atoms with Gasteiger partial charge in [0.2, 0.25) is 5.91 Å². The van der Waals surface area contributed by atoms with Crippen LogP contribution in [0.2, 0.25) is 0 Å². The Hall–Kier alpha value is -1.59. The Kier molecular flexibility index (Phi) is 4.24. The Morgan fingerprint density at radius 2 is 1.60 bits per heavy atom. The zero-order valence-corrected chi connectivity index (χ0v) is 14.9. The van der Waals surface area contributed by atoms with E-state index in [2.05, 4.69) is 10.6 Å². The van der Waals surface area contributed by atoms with Crippen LogP contribution in [-0.4, -0.2) is 36.5 Å². The van der Waals surface area contributed by atoms with Crippen LogP contribution in [0.3, 0.4) is 0 Å².